The van der Waals surface area contributed by atoms with E-state index in [1.165, 1.54) is 0 Å². The molecule has 64 valence electrons. The standard InChI is InChI=1S/C6H14O3.H4Si/c1-5-6(7-2,8-3)9-4;/h5H2,1-4H3;1H4. The Morgan fingerprint density at radius 2 is 1.30 bits per heavy atom. The van der Waals surface area contributed by atoms with E-state index in [9.17, 15) is 0 Å². The van der Waals surface area contributed by atoms with E-state index in [2.05, 4.69) is 0 Å². The van der Waals surface area contributed by atoms with Crippen LogP contribution in [0.3, 0.4) is 0 Å². The van der Waals surface area contributed by atoms with Crippen molar-refractivity contribution in [3.8, 4) is 0 Å². The fourth-order valence-corrected chi connectivity index (χ4v) is 0.683. The first-order valence-corrected chi connectivity index (χ1v) is 2.90. The quantitative estimate of drug-likeness (QED) is 0.418. The SMILES string of the molecule is CCC(OC)(OC)OC.[SiH4]. The zero-order valence-electron chi connectivity index (χ0n) is 6.43. The van der Waals surface area contributed by atoms with Crippen LogP contribution in [-0.2, 0) is 14.2 Å². The van der Waals surface area contributed by atoms with Gasteiger partial charge in [0, 0.05) is 27.8 Å². The van der Waals surface area contributed by atoms with Gasteiger partial charge in [0.15, 0.2) is 0 Å². The van der Waals surface area contributed by atoms with E-state index in [0.717, 1.165) is 0 Å². The van der Waals surface area contributed by atoms with E-state index in [4.69, 9.17) is 14.2 Å². The van der Waals surface area contributed by atoms with E-state index in [0.29, 0.717) is 6.42 Å². The molecule has 0 saturated carbocycles. The monoisotopic (exact) mass is 166 g/mol. The fraction of sp³-hybridized carbons (Fsp3) is 1.00. The zero-order valence-corrected chi connectivity index (χ0v) is 6.43. The molecule has 0 fully saturated rings. The molecule has 0 aliphatic carbocycles. The molecule has 0 aromatic heterocycles. The zero-order chi connectivity index (χ0) is 7.33. The van der Waals surface area contributed by atoms with Crippen LogP contribution in [0.1, 0.15) is 13.3 Å². The third-order valence-corrected chi connectivity index (χ3v) is 1.37. The van der Waals surface area contributed by atoms with Gasteiger partial charge in [-0.1, -0.05) is 6.92 Å². The van der Waals surface area contributed by atoms with Crippen molar-refractivity contribution in [1.82, 2.24) is 0 Å². The van der Waals surface area contributed by atoms with Gasteiger partial charge in [0.25, 0.3) is 5.97 Å². The minimum Gasteiger partial charge on any atom is -0.331 e. The van der Waals surface area contributed by atoms with Crippen LogP contribution in [0.15, 0.2) is 0 Å². The highest BCUT2D eigenvalue weighted by molar-refractivity contribution is 5.75. The van der Waals surface area contributed by atoms with Crippen LogP contribution in [0.5, 0.6) is 0 Å². The van der Waals surface area contributed by atoms with Gasteiger partial charge in [-0.15, -0.1) is 0 Å². The van der Waals surface area contributed by atoms with Gasteiger partial charge in [0.2, 0.25) is 0 Å². The molecule has 0 heterocycles. The summed E-state index contributed by atoms with van der Waals surface area (Å²) in [6, 6.07) is 0. The van der Waals surface area contributed by atoms with Crippen molar-refractivity contribution in [3.63, 3.8) is 0 Å². The summed E-state index contributed by atoms with van der Waals surface area (Å²) in [6.07, 6.45) is 0.677. The summed E-state index contributed by atoms with van der Waals surface area (Å²) < 4.78 is 14.8. The van der Waals surface area contributed by atoms with Crippen LogP contribution in [0.25, 0.3) is 0 Å². The molecule has 0 aliphatic heterocycles. The molecule has 0 radical (unpaired) electrons. The average molecular weight is 166 g/mol. The van der Waals surface area contributed by atoms with E-state index in [1.807, 2.05) is 6.92 Å². The van der Waals surface area contributed by atoms with E-state index < -0.39 is 5.97 Å². The maximum atomic E-state index is 4.94. The summed E-state index contributed by atoms with van der Waals surface area (Å²) in [4.78, 5) is 0. The molecule has 0 atom stereocenters. The summed E-state index contributed by atoms with van der Waals surface area (Å²) in [6.45, 7) is 1.93. The number of methoxy groups -OCH3 is 3. The lowest BCUT2D eigenvalue weighted by atomic mass is 10.4. The Balaban J connectivity index is 0. The largest absolute Gasteiger partial charge is 0.331 e. The molecule has 0 aromatic rings. The van der Waals surface area contributed by atoms with Gasteiger partial charge in [-0.3, -0.25) is 0 Å². The summed E-state index contributed by atoms with van der Waals surface area (Å²) in [7, 11) is 4.66. The number of hydrogen-bond donors (Lipinski definition) is 0. The van der Waals surface area contributed by atoms with Crippen LogP contribution in [0.4, 0.5) is 0 Å². The molecule has 0 saturated heterocycles. The van der Waals surface area contributed by atoms with Crippen molar-refractivity contribution in [3.05, 3.63) is 0 Å². The van der Waals surface area contributed by atoms with Crippen LogP contribution >= 0.6 is 0 Å². The van der Waals surface area contributed by atoms with Gasteiger partial charge in [-0.2, -0.15) is 0 Å². The smallest absolute Gasteiger partial charge is 0.281 e. The first-order chi connectivity index (χ1) is 4.24. The Hall–Kier alpha value is 0.0969. The molecular formula is C6H18O3Si. The van der Waals surface area contributed by atoms with E-state index >= 15 is 0 Å². The molecule has 0 unspecified atom stereocenters. The maximum Gasteiger partial charge on any atom is 0.281 e. The summed E-state index contributed by atoms with van der Waals surface area (Å²) in [5.74, 6) is -0.833. The van der Waals surface area contributed by atoms with Crippen LogP contribution in [-0.4, -0.2) is 38.3 Å². The first-order valence-electron chi connectivity index (χ1n) is 2.90. The Bertz CT molecular complexity index is 55.9. The Labute approximate surface area is 66.7 Å². The molecule has 0 rings (SSSR count). The predicted molar refractivity (Wildman–Crippen MR) is 45.4 cm³/mol. The van der Waals surface area contributed by atoms with Gasteiger partial charge in [-0.25, -0.2) is 0 Å². The van der Waals surface area contributed by atoms with Gasteiger partial charge in [-0.05, 0) is 11.0 Å². The lowest BCUT2D eigenvalue weighted by molar-refractivity contribution is -0.352. The second-order valence-corrected chi connectivity index (χ2v) is 1.65. The normalized spacial score (nSPS) is 10.8. The first kappa shape index (κ1) is 12.7. The van der Waals surface area contributed by atoms with E-state index in [-0.39, 0.29) is 11.0 Å². The van der Waals surface area contributed by atoms with Gasteiger partial charge >= 0.3 is 0 Å². The molecule has 0 bridgehead atoms. The van der Waals surface area contributed by atoms with Crippen molar-refractivity contribution in [2.24, 2.45) is 0 Å². The van der Waals surface area contributed by atoms with Crippen LogP contribution in [0.2, 0.25) is 0 Å². The van der Waals surface area contributed by atoms with Crippen molar-refractivity contribution in [2.75, 3.05) is 21.3 Å². The predicted octanol–water partition coefficient (Wildman–Crippen LogP) is -0.462. The second-order valence-electron chi connectivity index (χ2n) is 1.65. The van der Waals surface area contributed by atoms with Crippen molar-refractivity contribution in [1.29, 1.82) is 0 Å². The lowest BCUT2D eigenvalue weighted by Gasteiger charge is -2.26. The molecule has 0 N–H and O–H groups in total. The third kappa shape index (κ3) is 2.79. The topological polar surface area (TPSA) is 27.7 Å². The molecule has 4 heteroatoms. The molecule has 3 nitrogen and oxygen atoms in total. The van der Waals surface area contributed by atoms with Crippen molar-refractivity contribution >= 4 is 11.0 Å². The molecule has 0 aromatic carbocycles. The third-order valence-electron chi connectivity index (χ3n) is 1.37. The summed E-state index contributed by atoms with van der Waals surface area (Å²) in [5.41, 5.74) is 0. The minimum atomic E-state index is -0.833. The minimum absolute atomic E-state index is 0. The number of hydrogen-bond acceptors (Lipinski definition) is 3. The number of ether oxygens (including phenoxy) is 3. The van der Waals surface area contributed by atoms with Gasteiger partial charge in [0.1, 0.15) is 0 Å². The van der Waals surface area contributed by atoms with Crippen molar-refractivity contribution < 1.29 is 14.2 Å². The average Bonchev–Trinajstić information content (AvgIpc) is 1.95. The Morgan fingerprint density at radius 1 is 1.00 bits per heavy atom. The highest BCUT2D eigenvalue weighted by Gasteiger charge is 2.25. The second kappa shape index (κ2) is 5.85. The summed E-state index contributed by atoms with van der Waals surface area (Å²) >= 11 is 0. The van der Waals surface area contributed by atoms with Crippen LogP contribution in [0, 0.1) is 0 Å². The van der Waals surface area contributed by atoms with Gasteiger partial charge < -0.3 is 14.2 Å². The number of rotatable bonds is 4. The Kier molecular flexibility index (Phi) is 7.46. The highest BCUT2D eigenvalue weighted by Crippen LogP contribution is 2.15. The van der Waals surface area contributed by atoms with Crippen LogP contribution < -0.4 is 0 Å². The molecule has 10 heavy (non-hydrogen) atoms. The summed E-state index contributed by atoms with van der Waals surface area (Å²) in [5, 5.41) is 0. The molecule has 0 amide bonds. The van der Waals surface area contributed by atoms with Crippen molar-refractivity contribution in [2.45, 2.75) is 19.3 Å². The van der Waals surface area contributed by atoms with Gasteiger partial charge in [0.05, 0.1) is 0 Å². The molecule has 0 aliphatic rings. The Morgan fingerprint density at radius 3 is 1.30 bits per heavy atom. The molecule has 0 spiro atoms. The molecular weight excluding hydrogens is 148 g/mol. The fourth-order valence-electron chi connectivity index (χ4n) is 0.683. The highest BCUT2D eigenvalue weighted by atomic mass is 28.1. The lowest BCUT2D eigenvalue weighted by Crippen LogP contribution is -2.34. The maximum absolute atomic E-state index is 4.94. The van der Waals surface area contributed by atoms with E-state index in [1.54, 1.807) is 21.3 Å².